The normalized spacial score (nSPS) is 17.4. The first-order chi connectivity index (χ1) is 12.1. The highest BCUT2D eigenvalue weighted by Gasteiger charge is 2.50. The molecule has 3 atom stereocenters. The Kier molecular flexibility index (Phi) is 10.8. The molecule has 3 unspecified atom stereocenters. The maximum atomic E-state index is 11.6. The Morgan fingerprint density at radius 3 is 1.81 bits per heavy atom. The first-order valence-electron chi connectivity index (χ1n) is 9.31. The molecule has 0 aliphatic carbocycles. The van der Waals surface area contributed by atoms with Gasteiger partial charge in [0.05, 0.1) is 12.5 Å². The molecular weight excluding hydrogens is 338 g/mol. The van der Waals surface area contributed by atoms with Crippen LogP contribution in [-0.4, -0.2) is 57.3 Å². The second-order valence-electron chi connectivity index (χ2n) is 6.88. The van der Waals surface area contributed by atoms with Gasteiger partial charge in [0.25, 0.3) is 0 Å². The molecule has 0 radical (unpaired) electrons. The lowest BCUT2D eigenvalue weighted by Crippen LogP contribution is -2.71. The third-order valence-corrected chi connectivity index (χ3v) is 5.28. The van der Waals surface area contributed by atoms with Crippen molar-refractivity contribution < 1.29 is 34.2 Å². The van der Waals surface area contributed by atoms with Crippen LogP contribution in [0.4, 0.5) is 0 Å². The summed E-state index contributed by atoms with van der Waals surface area (Å²) in [5.41, 5.74) is 0. The molecule has 7 nitrogen and oxygen atoms in total. The van der Waals surface area contributed by atoms with E-state index in [0.717, 1.165) is 32.1 Å². The molecule has 0 aliphatic heterocycles. The van der Waals surface area contributed by atoms with Crippen LogP contribution >= 0.6 is 0 Å². The first-order valence-corrected chi connectivity index (χ1v) is 9.31. The zero-order chi connectivity index (χ0) is 20.3. The quantitative estimate of drug-likeness (QED) is 0.273. The summed E-state index contributed by atoms with van der Waals surface area (Å²) in [6, 6.07) is -3.69. The first kappa shape index (κ1) is 24.1. The molecule has 0 rings (SSSR count). The van der Waals surface area contributed by atoms with Crippen LogP contribution in [0.2, 0.25) is 0 Å². The van der Waals surface area contributed by atoms with Crippen LogP contribution in [0.5, 0.6) is 0 Å². The number of carboxylic acids is 3. The number of allylic oxidation sites excluding steroid dienone is 1. The highest BCUT2D eigenvalue weighted by Crippen LogP contribution is 2.26. The molecule has 0 aromatic rings. The summed E-state index contributed by atoms with van der Waals surface area (Å²) < 4.78 is -0.626. The molecule has 150 valence electrons. The molecule has 0 aromatic carbocycles. The Labute approximate surface area is 155 Å². The van der Waals surface area contributed by atoms with E-state index in [0.29, 0.717) is 0 Å². The third kappa shape index (κ3) is 6.44. The van der Waals surface area contributed by atoms with Gasteiger partial charge in [-0.15, -0.1) is 0 Å². The van der Waals surface area contributed by atoms with Crippen LogP contribution in [-0.2, 0) is 14.4 Å². The summed E-state index contributed by atoms with van der Waals surface area (Å²) in [4.78, 5) is 34.7. The molecule has 0 fully saturated rings. The number of nitrogens with zero attached hydrogens (tertiary/aromatic N) is 1. The van der Waals surface area contributed by atoms with Gasteiger partial charge in [0.1, 0.15) is 6.04 Å². The lowest BCUT2D eigenvalue weighted by atomic mass is 10.0. The van der Waals surface area contributed by atoms with E-state index in [2.05, 4.69) is 6.92 Å². The summed E-state index contributed by atoms with van der Waals surface area (Å²) >= 11 is 0. The predicted octanol–water partition coefficient (Wildman–Crippen LogP) is 1.80. The van der Waals surface area contributed by atoms with Crippen molar-refractivity contribution in [2.24, 2.45) is 0 Å². The average Bonchev–Trinajstić information content (AvgIpc) is 2.58. The van der Waals surface area contributed by atoms with Crippen molar-refractivity contribution in [2.45, 2.75) is 84.3 Å². The Bertz CT molecular complexity index is 452. The molecule has 0 amide bonds. The van der Waals surface area contributed by atoms with E-state index in [1.54, 1.807) is 6.08 Å². The van der Waals surface area contributed by atoms with E-state index in [1.165, 1.54) is 27.2 Å². The van der Waals surface area contributed by atoms with Crippen molar-refractivity contribution in [3.63, 3.8) is 0 Å². The number of carbonyl (C=O) groups excluding carboxylic acids is 1. The Balaban J connectivity index is 5.39. The van der Waals surface area contributed by atoms with Crippen LogP contribution in [0, 0.1) is 0 Å². The van der Waals surface area contributed by atoms with Gasteiger partial charge < -0.3 is 20.1 Å². The highest BCUT2D eigenvalue weighted by atomic mass is 16.4. The summed E-state index contributed by atoms with van der Waals surface area (Å²) in [6.45, 7) is 6.15. The van der Waals surface area contributed by atoms with Gasteiger partial charge in [-0.3, -0.25) is 4.48 Å². The van der Waals surface area contributed by atoms with Gasteiger partial charge >= 0.3 is 11.9 Å². The summed E-state index contributed by atoms with van der Waals surface area (Å²) in [5, 5.41) is 30.4. The molecule has 0 aliphatic rings. The topological polar surface area (TPSA) is 115 Å². The van der Waals surface area contributed by atoms with E-state index in [1.807, 2.05) is 6.08 Å². The number of aliphatic carboxylic acids is 3. The minimum Gasteiger partial charge on any atom is -0.544 e. The lowest BCUT2D eigenvalue weighted by molar-refractivity contribution is -0.964. The van der Waals surface area contributed by atoms with Crippen molar-refractivity contribution in [1.82, 2.24) is 0 Å². The molecular formula is C19H33NO6. The van der Waals surface area contributed by atoms with Crippen LogP contribution < -0.4 is 5.11 Å². The van der Waals surface area contributed by atoms with Crippen molar-refractivity contribution in [3.8, 4) is 0 Å². The third-order valence-electron chi connectivity index (χ3n) is 5.28. The van der Waals surface area contributed by atoms with Gasteiger partial charge in [-0.25, -0.2) is 9.59 Å². The number of unbranched alkanes of at least 4 members (excludes halogenated alkanes) is 5. The fraction of sp³-hybridized carbons (Fsp3) is 0.737. The van der Waals surface area contributed by atoms with Crippen LogP contribution in [0.1, 0.15) is 66.2 Å². The molecule has 7 heteroatoms. The molecule has 0 aromatic heterocycles. The largest absolute Gasteiger partial charge is 0.544 e. The van der Waals surface area contributed by atoms with Crippen LogP contribution in [0.15, 0.2) is 12.2 Å². The maximum absolute atomic E-state index is 11.6. The highest BCUT2D eigenvalue weighted by molar-refractivity contribution is 5.77. The Morgan fingerprint density at radius 1 is 0.885 bits per heavy atom. The standard InChI is InChI=1S/C19H33NO6/c1-5-6-7-8-9-10-11-12-13-20(14(2)17(21)22,15(3)18(23)24)16(4)19(25)26/h11-12,14-16H,5-10,13H2,1-4H3,(H2-,21,22,23,24,25,26)/b12-11+. The van der Waals surface area contributed by atoms with E-state index in [-0.39, 0.29) is 6.54 Å². The second kappa shape index (κ2) is 11.7. The minimum atomic E-state index is -1.46. The zero-order valence-electron chi connectivity index (χ0n) is 16.3. The van der Waals surface area contributed by atoms with Crippen molar-refractivity contribution in [1.29, 1.82) is 0 Å². The van der Waals surface area contributed by atoms with E-state index in [4.69, 9.17) is 0 Å². The lowest BCUT2D eigenvalue weighted by Gasteiger charge is -2.48. The minimum absolute atomic E-state index is 0.00500. The number of hydrogen-bond acceptors (Lipinski definition) is 4. The summed E-state index contributed by atoms with van der Waals surface area (Å²) in [5.74, 6) is -3.93. The summed E-state index contributed by atoms with van der Waals surface area (Å²) in [6.07, 6.45) is 10.0. The average molecular weight is 371 g/mol. The molecule has 0 heterocycles. The molecule has 0 saturated carbocycles. The summed E-state index contributed by atoms with van der Waals surface area (Å²) in [7, 11) is 0. The van der Waals surface area contributed by atoms with E-state index >= 15 is 0 Å². The molecule has 2 N–H and O–H groups in total. The van der Waals surface area contributed by atoms with Gasteiger partial charge in [-0.2, -0.15) is 0 Å². The van der Waals surface area contributed by atoms with Gasteiger partial charge in [-0.05, 0) is 39.7 Å². The number of carbonyl (C=O) groups is 3. The number of carboxylic acid groups (broad SMARTS) is 3. The number of quaternary nitrogens is 1. The van der Waals surface area contributed by atoms with Crippen molar-refractivity contribution in [3.05, 3.63) is 12.2 Å². The SMILES string of the molecule is CCCCCCC/C=C/C[N+](C(C)C(=O)[O-])(C(C)C(=O)O)C(C)C(=O)O. The number of hydrogen-bond donors (Lipinski definition) is 2. The Morgan fingerprint density at radius 2 is 1.38 bits per heavy atom. The van der Waals surface area contributed by atoms with Gasteiger partial charge in [0.15, 0.2) is 12.1 Å². The molecule has 0 spiro atoms. The monoisotopic (exact) mass is 371 g/mol. The van der Waals surface area contributed by atoms with Crippen LogP contribution in [0.25, 0.3) is 0 Å². The molecule has 0 bridgehead atoms. The van der Waals surface area contributed by atoms with Crippen LogP contribution in [0.3, 0.4) is 0 Å². The van der Waals surface area contributed by atoms with E-state index in [9.17, 15) is 29.7 Å². The fourth-order valence-corrected chi connectivity index (χ4v) is 3.33. The van der Waals surface area contributed by atoms with Gasteiger partial charge in [0.2, 0.25) is 0 Å². The smallest absolute Gasteiger partial charge is 0.362 e. The second-order valence-corrected chi connectivity index (χ2v) is 6.88. The van der Waals surface area contributed by atoms with Crippen molar-refractivity contribution in [2.75, 3.05) is 6.54 Å². The molecule has 0 saturated heterocycles. The zero-order valence-corrected chi connectivity index (χ0v) is 16.3. The molecule has 26 heavy (non-hydrogen) atoms. The van der Waals surface area contributed by atoms with Gasteiger partial charge in [0, 0.05) is 0 Å². The number of rotatable bonds is 14. The Hall–Kier alpha value is -1.89. The van der Waals surface area contributed by atoms with Crippen molar-refractivity contribution >= 4 is 17.9 Å². The maximum Gasteiger partial charge on any atom is 0.362 e. The van der Waals surface area contributed by atoms with Gasteiger partial charge in [-0.1, -0.05) is 38.7 Å². The van der Waals surface area contributed by atoms with E-state index < -0.39 is 40.5 Å². The predicted molar refractivity (Wildman–Crippen MR) is 96.3 cm³/mol. The fourth-order valence-electron chi connectivity index (χ4n) is 3.33.